The zero-order valence-electron chi connectivity index (χ0n) is 7.75. The van der Waals surface area contributed by atoms with Crippen molar-refractivity contribution in [2.45, 2.75) is 26.3 Å². The average Bonchev–Trinajstić information content (AvgIpc) is 2.49. The quantitative estimate of drug-likeness (QED) is 0.571. The molecule has 1 aliphatic carbocycles. The summed E-state index contributed by atoms with van der Waals surface area (Å²) in [6, 6.07) is 0.615. The van der Waals surface area contributed by atoms with E-state index in [1.54, 1.807) is 0 Å². The molecule has 1 heteroatoms. The summed E-state index contributed by atoms with van der Waals surface area (Å²) in [6.07, 6.45) is 10.1. The molecule has 2 aliphatic rings. The number of rotatable bonds is 1. The third kappa shape index (κ3) is 1.20. The zero-order valence-corrected chi connectivity index (χ0v) is 7.75. The van der Waals surface area contributed by atoms with Gasteiger partial charge < -0.3 is 4.90 Å². The van der Waals surface area contributed by atoms with Crippen LogP contribution in [0, 0.1) is 0 Å². The van der Waals surface area contributed by atoms with E-state index >= 15 is 0 Å². The van der Waals surface area contributed by atoms with Crippen molar-refractivity contribution < 1.29 is 0 Å². The van der Waals surface area contributed by atoms with Gasteiger partial charge >= 0.3 is 0 Å². The first kappa shape index (κ1) is 7.66. The minimum atomic E-state index is 0.615. The fourth-order valence-electron chi connectivity index (χ4n) is 1.69. The lowest BCUT2D eigenvalue weighted by Gasteiger charge is -2.28. The summed E-state index contributed by atoms with van der Waals surface area (Å²) in [7, 11) is 0. The molecule has 0 aromatic heterocycles. The Morgan fingerprint density at radius 3 is 2.83 bits per heavy atom. The van der Waals surface area contributed by atoms with Gasteiger partial charge in [0.2, 0.25) is 0 Å². The fourth-order valence-corrected chi connectivity index (χ4v) is 1.69. The first-order valence-electron chi connectivity index (χ1n) is 4.60. The van der Waals surface area contributed by atoms with Gasteiger partial charge in [-0.3, -0.25) is 0 Å². The van der Waals surface area contributed by atoms with E-state index in [0.29, 0.717) is 6.04 Å². The number of hydrogen-bond donors (Lipinski definition) is 0. The van der Waals surface area contributed by atoms with Gasteiger partial charge in [-0.25, -0.2) is 0 Å². The Bertz CT molecular complexity index is 269. The molecule has 1 aliphatic heterocycles. The molecule has 0 atom stereocenters. The lowest BCUT2D eigenvalue weighted by atomic mass is 10.1. The van der Waals surface area contributed by atoms with E-state index in [9.17, 15) is 0 Å². The van der Waals surface area contributed by atoms with Crippen LogP contribution in [0.1, 0.15) is 20.3 Å². The van der Waals surface area contributed by atoms with E-state index in [2.05, 4.69) is 43.2 Å². The highest BCUT2D eigenvalue weighted by Gasteiger charge is 2.15. The molecule has 0 unspecified atom stereocenters. The predicted octanol–water partition coefficient (Wildman–Crippen LogP) is 2.48. The first-order valence-corrected chi connectivity index (χ1v) is 4.60. The van der Waals surface area contributed by atoms with Crippen LogP contribution < -0.4 is 0 Å². The summed E-state index contributed by atoms with van der Waals surface area (Å²) in [4.78, 5) is 2.37. The molecule has 64 valence electrons. The maximum atomic E-state index is 2.37. The maximum absolute atomic E-state index is 2.37. The molecule has 2 rings (SSSR count). The highest BCUT2D eigenvalue weighted by Crippen LogP contribution is 2.25. The van der Waals surface area contributed by atoms with Crippen LogP contribution in [0.15, 0.2) is 35.6 Å². The van der Waals surface area contributed by atoms with E-state index in [-0.39, 0.29) is 0 Å². The molecule has 0 saturated heterocycles. The third-order valence-electron chi connectivity index (χ3n) is 2.55. The Labute approximate surface area is 74.1 Å². The lowest BCUT2D eigenvalue weighted by molar-refractivity contribution is 0.333. The molecule has 1 nitrogen and oxygen atoms in total. The molecular weight excluding hydrogens is 146 g/mol. The van der Waals surface area contributed by atoms with Gasteiger partial charge in [-0.1, -0.05) is 12.2 Å². The maximum Gasteiger partial charge on any atom is 0.0429 e. The summed E-state index contributed by atoms with van der Waals surface area (Å²) >= 11 is 0. The van der Waals surface area contributed by atoms with Gasteiger partial charge in [-0.2, -0.15) is 0 Å². The number of hydrogen-bond acceptors (Lipinski definition) is 1. The van der Waals surface area contributed by atoms with Crippen LogP contribution in [0.5, 0.6) is 0 Å². The average molecular weight is 161 g/mol. The molecule has 0 N–H and O–H groups in total. The first-order chi connectivity index (χ1) is 5.77. The SMILES string of the molecule is CC(C)N1C=CC2=C(C=CC2)C1. The predicted molar refractivity (Wildman–Crippen MR) is 51.8 cm³/mol. The van der Waals surface area contributed by atoms with Crippen LogP contribution in [0.2, 0.25) is 0 Å². The largest absolute Gasteiger partial charge is 0.371 e. The molecule has 0 aromatic rings. The van der Waals surface area contributed by atoms with E-state index in [0.717, 1.165) is 13.0 Å². The van der Waals surface area contributed by atoms with Crippen LogP contribution in [0.25, 0.3) is 0 Å². The van der Waals surface area contributed by atoms with Crippen LogP contribution in [-0.2, 0) is 0 Å². The topological polar surface area (TPSA) is 3.24 Å². The summed E-state index contributed by atoms with van der Waals surface area (Å²) in [5.41, 5.74) is 3.01. The smallest absolute Gasteiger partial charge is 0.0429 e. The van der Waals surface area contributed by atoms with Crippen LogP contribution >= 0.6 is 0 Å². The Balaban J connectivity index is 2.15. The Morgan fingerprint density at radius 2 is 2.08 bits per heavy atom. The highest BCUT2D eigenvalue weighted by atomic mass is 15.1. The van der Waals surface area contributed by atoms with Crippen LogP contribution in [0.3, 0.4) is 0 Å². The van der Waals surface area contributed by atoms with Crippen molar-refractivity contribution in [1.29, 1.82) is 0 Å². The van der Waals surface area contributed by atoms with Gasteiger partial charge in [-0.15, -0.1) is 0 Å². The van der Waals surface area contributed by atoms with Crippen LogP contribution in [0.4, 0.5) is 0 Å². The molecule has 0 bridgehead atoms. The van der Waals surface area contributed by atoms with E-state index in [1.165, 1.54) is 11.1 Å². The number of allylic oxidation sites excluding steroid dienone is 3. The molecule has 0 fully saturated rings. The van der Waals surface area contributed by atoms with Crippen molar-refractivity contribution in [2.24, 2.45) is 0 Å². The van der Waals surface area contributed by atoms with E-state index < -0.39 is 0 Å². The number of nitrogens with zero attached hydrogens (tertiary/aromatic N) is 1. The van der Waals surface area contributed by atoms with Crippen LogP contribution in [-0.4, -0.2) is 17.5 Å². The molecule has 0 amide bonds. The summed E-state index contributed by atoms with van der Waals surface area (Å²) in [6.45, 7) is 5.56. The van der Waals surface area contributed by atoms with Crippen molar-refractivity contribution in [3.63, 3.8) is 0 Å². The van der Waals surface area contributed by atoms with Crippen molar-refractivity contribution in [2.75, 3.05) is 6.54 Å². The molecule has 0 spiro atoms. The Hall–Kier alpha value is -0.980. The monoisotopic (exact) mass is 161 g/mol. The van der Waals surface area contributed by atoms with E-state index in [1.807, 2.05) is 0 Å². The second-order valence-electron chi connectivity index (χ2n) is 3.74. The zero-order chi connectivity index (χ0) is 8.55. The summed E-state index contributed by atoms with van der Waals surface area (Å²) < 4.78 is 0. The molecular formula is C11H15N. The highest BCUT2D eigenvalue weighted by molar-refractivity contribution is 5.43. The fraction of sp³-hybridized carbons (Fsp3) is 0.455. The normalized spacial score (nSPS) is 21.1. The van der Waals surface area contributed by atoms with Crippen molar-refractivity contribution in [1.82, 2.24) is 4.90 Å². The van der Waals surface area contributed by atoms with Crippen molar-refractivity contribution >= 4 is 0 Å². The minimum absolute atomic E-state index is 0.615. The molecule has 0 aromatic carbocycles. The van der Waals surface area contributed by atoms with Gasteiger partial charge in [0.05, 0.1) is 0 Å². The molecule has 1 heterocycles. The third-order valence-corrected chi connectivity index (χ3v) is 2.55. The van der Waals surface area contributed by atoms with E-state index in [4.69, 9.17) is 0 Å². The molecule has 0 radical (unpaired) electrons. The van der Waals surface area contributed by atoms with Gasteiger partial charge in [0, 0.05) is 12.6 Å². The van der Waals surface area contributed by atoms with Gasteiger partial charge in [-0.05, 0) is 43.7 Å². The van der Waals surface area contributed by atoms with Crippen molar-refractivity contribution in [3.05, 3.63) is 35.6 Å². The van der Waals surface area contributed by atoms with Gasteiger partial charge in [0.25, 0.3) is 0 Å². The standard InChI is InChI=1S/C11H15N/c1-9(2)12-7-6-10-4-3-5-11(10)8-12/h3,5-7,9H,4,8H2,1-2H3. The molecule has 12 heavy (non-hydrogen) atoms. The Kier molecular flexibility index (Phi) is 1.80. The lowest BCUT2D eigenvalue weighted by Crippen LogP contribution is -2.28. The minimum Gasteiger partial charge on any atom is -0.371 e. The molecule has 0 saturated carbocycles. The Morgan fingerprint density at radius 1 is 1.25 bits per heavy atom. The second kappa shape index (κ2) is 2.81. The van der Waals surface area contributed by atoms with Gasteiger partial charge in [0.15, 0.2) is 0 Å². The van der Waals surface area contributed by atoms with Crippen molar-refractivity contribution in [3.8, 4) is 0 Å². The second-order valence-corrected chi connectivity index (χ2v) is 3.74. The summed E-state index contributed by atoms with van der Waals surface area (Å²) in [5.74, 6) is 0. The summed E-state index contributed by atoms with van der Waals surface area (Å²) in [5, 5.41) is 0. The van der Waals surface area contributed by atoms with Gasteiger partial charge in [0.1, 0.15) is 0 Å².